The first-order chi connectivity index (χ1) is 7.05. The molecule has 0 bridgehead atoms. The minimum atomic E-state index is -3.96. The van der Waals surface area contributed by atoms with Crippen molar-refractivity contribution >= 4 is 15.5 Å². The first-order valence-corrected chi connectivity index (χ1v) is 5.52. The Labute approximate surface area is 87.5 Å². The summed E-state index contributed by atoms with van der Waals surface area (Å²) in [5.41, 5.74) is -0.121. The molecule has 0 heterocycles. The molecule has 0 spiro atoms. The van der Waals surface area contributed by atoms with E-state index >= 15 is 0 Å². The van der Waals surface area contributed by atoms with Gasteiger partial charge in [0.1, 0.15) is 16.4 Å². The van der Waals surface area contributed by atoms with Gasteiger partial charge in [0, 0.05) is 6.07 Å². The molecule has 1 rings (SSSR count). The van der Waals surface area contributed by atoms with Crippen LogP contribution in [0.2, 0.25) is 0 Å². The number of carbonyl (C=O) groups is 1. The number of rotatable bonds is 4. The number of hydrogen-bond donors (Lipinski definition) is 0. The molecule has 0 amide bonds. The SMILES string of the molecule is COc1ccc(OC)c(S(=O)(=O)C=O)c1. The van der Waals surface area contributed by atoms with Gasteiger partial charge < -0.3 is 9.47 Å². The summed E-state index contributed by atoms with van der Waals surface area (Å²) < 4.78 is 32.4. The Hall–Kier alpha value is -1.56. The molecule has 1 aromatic rings. The Bertz CT molecular complexity index is 463. The van der Waals surface area contributed by atoms with Gasteiger partial charge in [-0.15, -0.1) is 0 Å². The quantitative estimate of drug-likeness (QED) is 0.711. The molecule has 0 radical (unpaired) electrons. The number of benzene rings is 1. The zero-order valence-corrected chi connectivity index (χ0v) is 9.08. The van der Waals surface area contributed by atoms with Crippen LogP contribution in [0.3, 0.4) is 0 Å². The van der Waals surface area contributed by atoms with E-state index in [2.05, 4.69) is 0 Å². The van der Waals surface area contributed by atoms with Gasteiger partial charge >= 0.3 is 0 Å². The average molecular weight is 230 g/mol. The number of hydrogen-bond acceptors (Lipinski definition) is 5. The van der Waals surface area contributed by atoms with Crippen LogP contribution >= 0.6 is 0 Å². The molecule has 6 heteroatoms. The summed E-state index contributed by atoms with van der Waals surface area (Å²) >= 11 is 0. The van der Waals surface area contributed by atoms with E-state index in [4.69, 9.17) is 9.47 Å². The molecule has 0 aromatic heterocycles. The first-order valence-electron chi connectivity index (χ1n) is 3.97. The van der Waals surface area contributed by atoms with Gasteiger partial charge in [-0.3, -0.25) is 4.79 Å². The lowest BCUT2D eigenvalue weighted by atomic mass is 10.3. The molecule has 0 N–H and O–H groups in total. The van der Waals surface area contributed by atoms with Gasteiger partial charge in [0.25, 0.3) is 0 Å². The van der Waals surface area contributed by atoms with Crippen molar-refractivity contribution in [3.05, 3.63) is 18.2 Å². The second-order valence-electron chi connectivity index (χ2n) is 2.66. The van der Waals surface area contributed by atoms with Crippen LogP contribution in [0.5, 0.6) is 11.5 Å². The van der Waals surface area contributed by atoms with Crippen LogP contribution < -0.4 is 9.47 Å². The van der Waals surface area contributed by atoms with E-state index in [1.54, 1.807) is 6.07 Å². The fraction of sp³-hybridized carbons (Fsp3) is 0.222. The summed E-state index contributed by atoms with van der Waals surface area (Å²) in [7, 11) is -1.23. The molecule has 0 atom stereocenters. The monoisotopic (exact) mass is 230 g/mol. The van der Waals surface area contributed by atoms with E-state index in [-0.39, 0.29) is 16.3 Å². The Kier molecular flexibility index (Phi) is 3.31. The molecule has 82 valence electrons. The minimum absolute atomic E-state index is 0.114. The van der Waals surface area contributed by atoms with Crippen molar-refractivity contribution in [2.45, 2.75) is 4.90 Å². The van der Waals surface area contributed by atoms with Crippen molar-refractivity contribution in [1.29, 1.82) is 0 Å². The van der Waals surface area contributed by atoms with Crippen LogP contribution in [0.15, 0.2) is 23.1 Å². The summed E-state index contributed by atoms with van der Waals surface area (Å²) in [5.74, 6) is 0.458. The van der Waals surface area contributed by atoms with Gasteiger partial charge in [0.05, 0.1) is 14.2 Å². The minimum Gasteiger partial charge on any atom is -0.497 e. The van der Waals surface area contributed by atoms with E-state index in [9.17, 15) is 13.2 Å². The van der Waals surface area contributed by atoms with E-state index in [1.807, 2.05) is 0 Å². The van der Waals surface area contributed by atoms with Crippen molar-refractivity contribution in [3.8, 4) is 11.5 Å². The second kappa shape index (κ2) is 4.31. The third-order valence-corrected chi connectivity index (χ3v) is 2.99. The standard InChI is InChI=1S/C9H10O5S/c1-13-7-3-4-8(14-2)9(5-7)15(11,12)6-10/h3-6H,1-2H3. The summed E-state index contributed by atoms with van der Waals surface area (Å²) in [6, 6.07) is 4.21. The number of methoxy groups -OCH3 is 2. The maximum Gasteiger partial charge on any atom is 0.240 e. The molecular weight excluding hydrogens is 220 g/mol. The fourth-order valence-electron chi connectivity index (χ4n) is 1.06. The first kappa shape index (κ1) is 11.5. The summed E-state index contributed by atoms with van der Waals surface area (Å²) in [6.07, 6.45) is 0. The van der Waals surface area contributed by atoms with Crippen LogP contribution in [-0.4, -0.2) is 28.3 Å². The van der Waals surface area contributed by atoms with Gasteiger partial charge in [-0.2, -0.15) is 0 Å². The fourth-order valence-corrected chi connectivity index (χ4v) is 1.87. The predicted molar refractivity (Wildman–Crippen MR) is 53.5 cm³/mol. The van der Waals surface area contributed by atoms with E-state index < -0.39 is 9.84 Å². The number of ether oxygens (including phenoxy) is 2. The van der Waals surface area contributed by atoms with Gasteiger partial charge in [-0.1, -0.05) is 0 Å². The van der Waals surface area contributed by atoms with Crippen LogP contribution in [-0.2, 0) is 14.6 Å². The van der Waals surface area contributed by atoms with Gasteiger partial charge in [-0.05, 0) is 12.1 Å². The molecule has 0 aliphatic carbocycles. The van der Waals surface area contributed by atoms with Gasteiger partial charge in [0.15, 0.2) is 0 Å². The van der Waals surface area contributed by atoms with E-state index in [0.717, 1.165) is 0 Å². The molecule has 5 nitrogen and oxygen atoms in total. The summed E-state index contributed by atoms with van der Waals surface area (Å²) in [4.78, 5) is 10.2. The molecular formula is C9H10O5S. The molecule has 0 unspecified atom stereocenters. The van der Waals surface area contributed by atoms with Crippen molar-refractivity contribution in [2.24, 2.45) is 0 Å². The van der Waals surface area contributed by atoms with E-state index in [1.165, 1.54) is 26.4 Å². The normalized spacial score (nSPS) is 10.8. The van der Waals surface area contributed by atoms with Crippen LogP contribution in [0.4, 0.5) is 0 Å². The molecule has 0 saturated heterocycles. The molecule has 1 aromatic carbocycles. The molecule has 0 fully saturated rings. The van der Waals surface area contributed by atoms with Crippen LogP contribution in [0.25, 0.3) is 0 Å². The lowest BCUT2D eigenvalue weighted by Crippen LogP contribution is -2.04. The van der Waals surface area contributed by atoms with Crippen molar-refractivity contribution in [2.75, 3.05) is 14.2 Å². The molecule has 0 saturated carbocycles. The Morgan fingerprint density at radius 2 is 1.87 bits per heavy atom. The Morgan fingerprint density at radius 3 is 2.33 bits per heavy atom. The van der Waals surface area contributed by atoms with Crippen molar-refractivity contribution in [1.82, 2.24) is 0 Å². The van der Waals surface area contributed by atoms with Crippen LogP contribution in [0.1, 0.15) is 0 Å². The number of carbonyl (C=O) groups excluding carboxylic acids is 1. The molecule has 0 aliphatic heterocycles. The zero-order valence-electron chi connectivity index (χ0n) is 8.26. The second-order valence-corrected chi connectivity index (χ2v) is 4.38. The lowest BCUT2D eigenvalue weighted by Gasteiger charge is -2.07. The zero-order chi connectivity index (χ0) is 11.5. The van der Waals surface area contributed by atoms with Crippen molar-refractivity contribution in [3.63, 3.8) is 0 Å². The molecule has 0 aliphatic rings. The Balaban J connectivity index is 3.43. The Morgan fingerprint density at radius 1 is 1.20 bits per heavy atom. The maximum atomic E-state index is 11.3. The summed E-state index contributed by atoms with van der Waals surface area (Å²) in [5, 5.41) is 0. The average Bonchev–Trinajstić information content (AvgIpc) is 2.28. The molecule has 15 heavy (non-hydrogen) atoms. The highest BCUT2D eigenvalue weighted by atomic mass is 32.2. The topological polar surface area (TPSA) is 69.7 Å². The van der Waals surface area contributed by atoms with Crippen LogP contribution in [0, 0.1) is 0 Å². The predicted octanol–water partition coefficient (Wildman–Crippen LogP) is 0.668. The highest BCUT2D eigenvalue weighted by Gasteiger charge is 2.19. The smallest absolute Gasteiger partial charge is 0.240 e. The highest BCUT2D eigenvalue weighted by Crippen LogP contribution is 2.27. The highest BCUT2D eigenvalue weighted by molar-refractivity contribution is 8.04. The van der Waals surface area contributed by atoms with E-state index in [0.29, 0.717) is 5.75 Å². The lowest BCUT2D eigenvalue weighted by molar-refractivity contribution is 0.392. The maximum absolute atomic E-state index is 11.3. The summed E-state index contributed by atoms with van der Waals surface area (Å²) in [6.45, 7) is 0. The van der Waals surface area contributed by atoms with Crippen molar-refractivity contribution < 1.29 is 22.7 Å². The third-order valence-electron chi connectivity index (χ3n) is 1.80. The largest absolute Gasteiger partial charge is 0.497 e. The van der Waals surface area contributed by atoms with Gasteiger partial charge in [0.2, 0.25) is 15.5 Å². The number of sulfone groups is 1. The van der Waals surface area contributed by atoms with Gasteiger partial charge in [-0.25, -0.2) is 8.42 Å². The third kappa shape index (κ3) is 2.27.